The Morgan fingerprint density at radius 1 is 1.37 bits per heavy atom. The molecule has 27 heavy (non-hydrogen) atoms. The molecule has 0 bridgehead atoms. The van der Waals surface area contributed by atoms with Crippen molar-refractivity contribution in [1.82, 2.24) is 14.5 Å². The average Bonchev–Trinajstić information content (AvgIpc) is 3.20. The summed E-state index contributed by atoms with van der Waals surface area (Å²) >= 11 is 0. The largest absolute Gasteiger partial charge is 0.567 e. The Balaban J connectivity index is 0.000000855. The maximum absolute atomic E-state index is 14.0. The molecule has 0 saturated carbocycles. The van der Waals surface area contributed by atoms with E-state index < -0.39 is 31.9 Å². The minimum absolute atomic E-state index is 0.0589. The molecule has 0 radical (unpaired) electrons. The third-order valence-corrected chi connectivity index (χ3v) is 3.98. The predicted octanol–water partition coefficient (Wildman–Crippen LogP) is -0.988. The highest BCUT2D eigenvalue weighted by atomic mass is 31.2. The SMILES string of the molecule is CO.CO.Nc1nc2c(c(F)cn2C2CCC(CO[P+](O)(O)O)O2)c(=O)[nH]1. The molecular weight excluding hydrogens is 390 g/mol. The van der Waals surface area contributed by atoms with Gasteiger partial charge >= 0.3 is 8.17 Å². The summed E-state index contributed by atoms with van der Waals surface area (Å²) in [5, 5.41) is 13.8. The molecule has 2 atom stereocenters. The third-order valence-electron chi connectivity index (χ3n) is 3.48. The van der Waals surface area contributed by atoms with Crippen LogP contribution in [0.15, 0.2) is 11.0 Å². The van der Waals surface area contributed by atoms with Crippen LogP contribution in [0.4, 0.5) is 10.3 Å². The first-order valence-corrected chi connectivity index (χ1v) is 9.13. The first-order chi connectivity index (χ1) is 12.7. The summed E-state index contributed by atoms with van der Waals surface area (Å²) in [6.45, 7) is -0.231. The molecule has 2 aromatic rings. The van der Waals surface area contributed by atoms with Crippen LogP contribution in [0.5, 0.6) is 0 Å². The topological polar surface area (TPSA) is 196 Å². The van der Waals surface area contributed by atoms with Gasteiger partial charge in [0.1, 0.15) is 18.2 Å². The Labute approximate surface area is 153 Å². The summed E-state index contributed by atoms with van der Waals surface area (Å²) in [6, 6.07) is 0. The number of hydrogen-bond acceptors (Lipinski definition) is 10. The molecule has 3 heterocycles. The maximum atomic E-state index is 14.0. The van der Waals surface area contributed by atoms with Gasteiger partial charge < -0.3 is 25.3 Å². The van der Waals surface area contributed by atoms with E-state index in [0.29, 0.717) is 12.8 Å². The van der Waals surface area contributed by atoms with Crippen LogP contribution in [-0.4, -0.2) is 66.4 Å². The van der Waals surface area contributed by atoms with E-state index in [1.54, 1.807) is 0 Å². The van der Waals surface area contributed by atoms with E-state index in [0.717, 1.165) is 20.4 Å². The number of aromatic nitrogens is 3. The van der Waals surface area contributed by atoms with Crippen molar-refractivity contribution in [1.29, 1.82) is 0 Å². The van der Waals surface area contributed by atoms with Gasteiger partial charge in [-0.2, -0.15) is 24.2 Å². The fourth-order valence-electron chi connectivity index (χ4n) is 2.54. The quantitative estimate of drug-likeness (QED) is 0.306. The van der Waals surface area contributed by atoms with Gasteiger partial charge in [0.05, 0.1) is 6.10 Å². The van der Waals surface area contributed by atoms with Crippen molar-refractivity contribution in [3.63, 3.8) is 0 Å². The van der Waals surface area contributed by atoms with Crippen LogP contribution in [0.1, 0.15) is 19.1 Å². The number of nitrogens with zero attached hydrogens (tertiary/aromatic N) is 2. The van der Waals surface area contributed by atoms with E-state index in [1.807, 2.05) is 0 Å². The molecule has 0 amide bonds. The predicted molar refractivity (Wildman–Crippen MR) is 93.7 cm³/mol. The van der Waals surface area contributed by atoms with Crippen molar-refractivity contribution in [2.75, 3.05) is 26.6 Å². The molecule has 2 aromatic heterocycles. The lowest BCUT2D eigenvalue weighted by Gasteiger charge is -2.15. The maximum Gasteiger partial charge on any atom is 0.567 e. The highest BCUT2D eigenvalue weighted by Crippen LogP contribution is 2.46. The monoisotopic (exact) mass is 413 g/mol. The second-order valence-corrected chi connectivity index (χ2v) is 6.42. The van der Waals surface area contributed by atoms with Gasteiger partial charge in [0.2, 0.25) is 5.95 Å². The van der Waals surface area contributed by atoms with Crippen molar-refractivity contribution in [2.24, 2.45) is 0 Å². The molecule has 1 saturated heterocycles. The molecule has 1 fully saturated rings. The van der Waals surface area contributed by atoms with E-state index >= 15 is 0 Å². The molecular formula is C13H23FN4O8P+. The van der Waals surface area contributed by atoms with Crippen molar-refractivity contribution in [3.05, 3.63) is 22.4 Å². The summed E-state index contributed by atoms with van der Waals surface area (Å²) in [6.07, 6.45) is 0.893. The van der Waals surface area contributed by atoms with Gasteiger partial charge in [0.25, 0.3) is 5.56 Å². The number of ether oxygens (including phenoxy) is 1. The van der Waals surface area contributed by atoms with Crippen LogP contribution in [-0.2, 0) is 9.26 Å². The number of aliphatic hydroxyl groups excluding tert-OH is 2. The second kappa shape index (κ2) is 10.0. The molecule has 1 aliphatic rings. The van der Waals surface area contributed by atoms with E-state index in [9.17, 15) is 9.18 Å². The van der Waals surface area contributed by atoms with Gasteiger partial charge in [0.15, 0.2) is 11.5 Å². The number of nitrogens with two attached hydrogens (primary N) is 1. The van der Waals surface area contributed by atoms with E-state index in [4.69, 9.17) is 35.4 Å². The van der Waals surface area contributed by atoms with Gasteiger partial charge in [-0.15, -0.1) is 0 Å². The van der Waals surface area contributed by atoms with Crippen LogP contribution in [0.2, 0.25) is 0 Å². The zero-order chi connectivity index (χ0) is 20.8. The van der Waals surface area contributed by atoms with Crippen molar-refractivity contribution >= 4 is 25.2 Å². The minimum Gasteiger partial charge on any atom is -0.400 e. The standard InChI is InChI=1S/C11H14FN4O6P.2CH4O/c12-6-3-16(9-8(6)10(17)15-11(13)14-9)7-2-1-5(22-7)4-21-23(18,19)20;2*1-2/h3,5,7,18-20H,1-2,4H2,(H2-,13,14,15,17);2*2H,1H3/p+1. The normalized spacial score (nSPS) is 19.3. The van der Waals surface area contributed by atoms with Gasteiger partial charge in [-0.1, -0.05) is 0 Å². The summed E-state index contributed by atoms with van der Waals surface area (Å²) in [5.41, 5.74) is 4.86. The smallest absolute Gasteiger partial charge is 0.400 e. The summed E-state index contributed by atoms with van der Waals surface area (Å²) in [5.74, 6) is -0.891. The molecule has 1 aliphatic heterocycles. The second-order valence-electron chi connectivity index (χ2n) is 5.13. The lowest BCUT2D eigenvalue weighted by Crippen LogP contribution is -2.17. The molecule has 8 N–H and O–H groups in total. The number of aliphatic hydroxyl groups is 2. The Bertz CT molecular complexity index is 793. The number of anilines is 1. The van der Waals surface area contributed by atoms with Crippen molar-refractivity contribution in [3.8, 4) is 0 Å². The molecule has 14 heteroatoms. The summed E-state index contributed by atoms with van der Waals surface area (Å²) in [4.78, 5) is 44.3. The van der Waals surface area contributed by atoms with E-state index in [-0.39, 0.29) is 23.6 Å². The molecule has 154 valence electrons. The number of H-pyrrole nitrogens is 1. The van der Waals surface area contributed by atoms with Crippen LogP contribution in [0.3, 0.4) is 0 Å². The number of aromatic amines is 1. The molecule has 0 aliphatic carbocycles. The Morgan fingerprint density at radius 2 is 2.00 bits per heavy atom. The first-order valence-electron chi connectivity index (χ1n) is 7.57. The number of nitrogens with one attached hydrogen (secondary N) is 1. The lowest BCUT2D eigenvalue weighted by atomic mass is 10.2. The summed E-state index contributed by atoms with van der Waals surface area (Å²) < 4.78 is 25.4. The van der Waals surface area contributed by atoms with Crippen LogP contribution < -0.4 is 11.3 Å². The fraction of sp³-hybridized carbons (Fsp3) is 0.538. The first kappa shape index (κ1) is 23.3. The molecule has 0 aromatic carbocycles. The molecule has 3 rings (SSSR count). The highest BCUT2D eigenvalue weighted by molar-refractivity contribution is 7.53. The third kappa shape index (κ3) is 5.89. The van der Waals surface area contributed by atoms with Crippen molar-refractivity contribution < 1.29 is 38.5 Å². The number of rotatable bonds is 4. The Hall–Kier alpha value is -1.70. The van der Waals surface area contributed by atoms with Crippen LogP contribution >= 0.6 is 8.17 Å². The zero-order valence-corrected chi connectivity index (χ0v) is 15.5. The van der Waals surface area contributed by atoms with Gasteiger partial charge in [-0.05, 0) is 12.8 Å². The van der Waals surface area contributed by atoms with Crippen LogP contribution in [0.25, 0.3) is 11.0 Å². The van der Waals surface area contributed by atoms with Crippen LogP contribution in [0, 0.1) is 5.82 Å². The van der Waals surface area contributed by atoms with E-state index in [1.165, 1.54) is 4.57 Å². The van der Waals surface area contributed by atoms with Gasteiger partial charge in [-0.25, -0.2) is 4.39 Å². The number of fused-ring (bicyclic) bond motifs is 1. The average molecular weight is 413 g/mol. The van der Waals surface area contributed by atoms with Gasteiger partial charge in [-0.3, -0.25) is 9.78 Å². The molecule has 2 unspecified atom stereocenters. The number of halogens is 1. The zero-order valence-electron chi connectivity index (χ0n) is 14.6. The highest BCUT2D eigenvalue weighted by Gasteiger charge is 2.37. The van der Waals surface area contributed by atoms with Gasteiger partial charge in [0, 0.05) is 20.4 Å². The Kier molecular flexibility index (Phi) is 8.65. The van der Waals surface area contributed by atoms with Crippen molar-refractivity contribution in [2.45, 2.75) is 25.2 Å². The minimum atomic E-state index is -4.33. The number of hydrogen-bond donors (Lipinski definition) is 7. The number of nitrogen functional groups attached to an aromatic ring is 1. The van der Waals surface area contributed by atoms with E-state index in [2.05, 4.69) is 14.5 Å². The molecule has 0 spiro atoms. The lowest BCUT2D eigenvalue weighted by molar-refractivity contribution is -0.0234. The Morgan fingerprint density at radius 3 is 2.59 bits per heavy atom. The fourth-order valence-corrected chi connectivity index (χ4v) is 2.91. The summed E-state index contributed by atoms with van der Waals surface area (Å²) in [7, 11) is -2.33. The molecule has 12 nitrogen and oxygen atoms in total.